The molecule has 122 valence electrons. The molecule has 1 aliphatic heterocycles. The molecule has 0 unspecified atom stereocenters. The summed E-state index contributed by atoms with van der Waals surface area (Å²) in [5.74, 6) is 0. The SMILES string of the molecule is NCc1ccc(S(=O)(=O)c2ccc(N3CCOCC3)cc2)cn1. The summed E-state index contributed by atoms with van der Waals surface area (Å²) >= 11 is 0. The van der Waals surface area contributed by atoms with Gasteiger partial charge in [0.25, 0.3) is 0 Å². The molecule has 0 amide bonds. The molecule has 0 atom stereocenters. The molecule has 1 aromatic heterocycles. The second kappa shape index (κ2) is 6.66. The summed E-state index contributed by atoms with van der Waals surface area (Å²) in [4.78, 5) is 6.67. The summed E-state index contributed by atoms with van der Waals surface area (Å²) in [6.45, 7) is 3.31. The summed E-state index contributed by atoms with van der Waals surface area (Å²) < 4.78 is 30.6. The number of anilines is 1. The molecule has 1 aromatic carbocycles. The Hall–Kier alpha value is -1.96. The van der Waals surface area contributed by atoms with Gasteiger partial charge >= 0.3 is 0 Å². The lowest BCUT2D eigenvalue weighted by Gasteiger charge is -2.28. The molecule has 2 N–H and O–H groups in total. The van der Waals surface area contributed by atoms with Crippen LogP contribution in [0, 0.1) is 0 Å². The summed E-state index contributed by atoms with van der Waals surface area (Å²) in [6, 6.07) is 10.1. The number of rotatable bonds is 4. The Morgan fingerprint density at radius 1 is 1.04 bits per heavy atom. The Kier molecular flexibility index (Phi) is 4.61. The monoisotopic (exact) mass is 333 g/mol. The van der Waals surface area contributed by atoms with Gasteiger partial charge in [-0.1, -0.05) is 0 Å². The number of nitrogens with zero attached hydrogens (tertiary/aromatic N) is 2. The van der Waals surface area contributed by atoms with E-state index in [0.29, 0.717) is 18.9 Å². The standard InChI is InChI=1S/C16H19N3O3S/c17-11-13-1-4-16(12-18-13)23(20,21)15-5-2-14(3-6-15)19-7-9-22-10-8-19/h1-6,12H,7-11,17H2. The minimum atomic E-state index is -3.56. The van der Waals surface area contributed by atoms with E-state index in [4.69, 9.17) is 10.5 Å². The van der Waals surface area contributed by atoms with Crippen LogP contribution in [0.3, 0.4) is 0 Å². The van der Waals surface area contributed by atoms with Gasteiger partial charge in [0.05, 0.1) is 28.7 Å². The molecule has 0 radical (unpaired) electrons. The number of nitrogens with two attached hydrogens (primary N) is 1. The van der Waals surface area contributed by atoms with Crippen LogP contribution < -0.4 is 10.6 Å². The first-order chi connectivity index (χ1) is 11.1. The van der Waals surface area contributed by atoms with E-state index in [0.717, 1.165) is 18.8 Å². The molecule has 3 rings (SSSR count). The lowest BCUT2D eigenvalue weighted by Crippen LogP contribution is -2.36. The first-order valence-corrected chi connectivity index (χ1v) is 8.92. The van der Waals surface area contributed by atoms with Crippen molar-refractivity contribution in [2.45, 2.75) is 16.3 Å². The average molecular weight is 333 g/mol. The van der Waals surface area contributed by atoms with Crippen LogP contribution in [-0.2, 0) is 21.1 Å². The molecule has 0 spiro atoms. The minimum absolute atomic E-state index is 0.175. The maximum Gasteiger partial charge on any atom is 0.208 e. The summed E-state index contributed by atoms with van der Waals surface area (Å²) in [7, 11) is -3.56. The molecule has 1 fully saturated rings. The lowest BCUT2D eigenvalue weighted by atomic mass is 10.2. The first kappa shape index (κ1) is 15.9. The van der Waals surface area contributed by atoms with Gasteiger partial charge in [-0.3, -0.25) is 4.98 Å². The van der Waals surface area contributed by atoms with Gasteiger partial charge in [0, 0.05) is 31.5 Å². The Morgan fingerprint density at radius 2 is 1.70 bits per heavy atom. The van der Waals surface area contributed by atoms with Gasteiger partial charge in [0.1, 0.15) is 0 Å². The van der Waals surface area contributed by atoms with Crippen molar-refractivity contribution >= 4 is 15.5 Å². The van der Waals surface area contributed by atoms with E-state index in [-0.39, 0.29) is 16.3 Å². The van der Waals surface area contributed by atoms with Gasteiger partial charge in [-0.25, -0.2) is 8.42 Å². The van der Waals surface area contributed by atoms with Crippen molar-refractivity contribution in [2.24, 2.45) is 5.73 Å². The number of hydrogen-bond acceptors (Lipinski definition) is 6. The Morgan fingerprint density at radius 3 is 2.26 bits per heavy atom. The number of hydrogen-bond donors (Lipinski definition) is 1. The molecule has 0 saturated carbocycles. The van der Waals surface area contributed by atoms with Crippen molar-refractivity contribution in [3.63, 3.8) is 0 Å². The Balaban J connectivity index is 1.84. The normalized spacial score (nSPS) is 15.6. The van der Waals surface area contributed by atoms with E-state index in [1.807, 2.05) is 12.1 Å². The maximum absolute atomic E-state index is 12.6. The van der Waals surface area contributed by atoms with Crippen molar-refractivity contribution in [2.75, 3.05) is 31.2 Å². The molecule has 0 aliphatic carbocycles. The van der Waals surface area contributed by atoms with Crippen molar-refractivity contribution in [1.29, 1.82) is 0 Å². The highest BCUT2D eigenvalue weighted by Gasteiger charge is 2.19. The Bertz CT molecular complexity index is 752. The van der Waals surface area contributed by atoms with Crippen molar-refractivity contribution in [3.8, 4) is 0 Å². The molecule has 23 heavy (non-hydrogen) atoms. The van der Waals surface area contributed by atoms with Crippen molar-refractivity contribution < 1.29 is 13.2 Å². The third kappa shape index (κ3) is 3.36. The number of benzene rings is 1. The van der Waals surface area contributed by atoms with Crippen LogP contribution in [0.2, 0.25) is 0 Å². The van der Waals surface area contributed by atoms with Crippen LogP contribution in [0.15, 0.2) is 52.4 Å². The molecule has 1 saturated heterocycles. The maximum atomic E-state index is 12.6. The van der Waals surface area contributed by atoms with E-state index >= 15 is 0 Å². The third-order valence-electron chi connectivity index (χ3n) is 3.84. The summed E-state index contributed by atoms with van der Waals surface area (Å²) in [5, 5.41) is 0. The molecule has 7 heteroatoms. The fraction of sp³-hybridized carbons (Fsp3) is 0.312. The quantitative estimate of drug-likeness (QED) is 0.905. The van der Waals surface area contributed by atoms with Crippen LogP contribution in [0.5, 0.6) is 0 Å². The third-order valence-corrected chi connectivity index (χ3v) is 5.60. The van der Waals surface area contributed by atoms with Crippen LogP contribution in [-0.4, -0.2) is 39.7 Å². The Labute approximate surface area is 135 Å². The van der Waals surface area contributed by atoms with Gasteiger partial charge in [-0.2, -0.15) is 0 Å². The predicted molar refractivity (Wildman–Crippen MR) is 87.1 cm³/mol. The fourth-order valence-electron chi connectivity index (χ4n) is 2.48. The number of ether oxygens (including phenoxy) is 1. The van der Waals surface area contributed by atoms with E-state index in [1.54, 1.807) is 24.3 Å². The van der Waals surface area contributed by atoms with Crippen LogP contribution in [0.1, 0.15) is 5.69 Å². The van der Waals surface area contributed by atoms with Crippen LogP contribution in [0.4, 0.5) is 5.69 Å². The van der Waals surface area contributed by atoms with Gasteiger partial charge in [-0.15, -0.1) is 0 Å². The molecule has 0 bridgehead atoms. The van der Waals surface area contributed by atoms with E-state index in [2.05, 4.69) is 9.88 Å². The molecular formula is C16H19N3O3S. The van der Waals surface area contributed by atoms with Gasteiger partial charge < -0.3 is 15.4 Å². The van der Waals surface area contributed by atoms with E-state index in [9.17, 15) is 8.42 Å². The molecule has 1 aliphatic rings. The zero-order chi connectivity index (χ0) is 16.3. The molecule has 2 heterocycles. The molecular weight excluding hydrogens is 314 g/mol. The van der Waals surface area contributed by atoms with Gasteiger partial charge in [-0.05, 0) is 36.4 Å². The number of aromatic nitrogens is 1. The largest absolute Gasteiger partial charge is 0.378 e. The van der Waals surface area contributed by atoms with E-state index < -0.39 is 9.84 Å². The highest BCUT2D eigenvalue weighted by molar-refractivity contribution is 7.91. The zero-order valence-electron chi connectivity index (χ0n) is 12.7. The minimum Gasteiger partial charge on any atom is -0.378 e. The fourth-order valence-corrected chi connectivity index (χ4v) is 3.69. The molecule has 6 nitrogen and oxygen atoms in total. The van der Waals surface area contributed by atoms with Crippen LogP contribution >= 0.6 is 0 Å². The summed E-state index contributed by atoms with van der Waals surface area (Å²) in [5.41, 5.74) is 7.14. The number of pyridine rings is 1. The van der Waals surface area contributed by atoms with E-state index in [1.165, 1.54) is 6.20 Å². The predicted octanol–water partition coefficient (Wildman–Crippen LogP) is 1.21. The number of morpholine rings is 1. The van der Waals surface area contributed by atoms with Crippen LogP contribution in [0.25, 0.3) is 0 Å². The second-order valence-electron chi connectivity index (χ2n) is 5.29. The first-order valence-electron chi connectivity index (χ1n) is 7.44. The van der Waals surface area contributed by atoms with Gasteiger partial charge in [0.2, 0.25) is 9.84 Å². The summed E-state index contributed by atoms with van der Waals surface area (Å²) in [6.07, 6.45) is 1.35. The van der Waals surface area contributed by atoms with Crippen molar-refractivity contribution in [3.05, 3.63) is 48.3 Å². The molecule has 2 aromatic rings. The smallest absolute Gasteiger partial charge is 0.208 e. The zero-order valence-corrected chi connectivity index (χ0v) is 13.5. The van der Waals surface area contributed by atoms with Gasteiger partial charge in [0.15, 0.2) is 0 Å². The van der Waals surface area contributed by atoms with Crippen molar-refractivity contribution in [1.82, 2.24) is 4.98 Å². The highest BCUT2D eigenvalue weighted by atomic mass is 32.2. The topological polar surface area (TPSA) is 85.5 Å². The lowest BCUT2D eigenvalue weighted by molar-refractivity contribution is 0.122. The second-order valence-corrected chi connectivity index (χ2v) is 7.24. The average Bonchev–Trinajstić information content (AvgIpc) is 2.62. The number of sulfone groups is 1. The highest BCUT2D eigenvalue weighted by Crippen LogP contribution is 2.24.